The molecule has 2 atom stereocenters. The first-order valence-electron chi connectivity index (χ1n) is 11.8. The van der Waals surface area contributed by atoms with Gasteiger partial charge in [0.05, 0.1) is 18.1 Å². The molecule has 0 bridgehead atoms. The standard InChI is InChI=1S/C26H29N5O3/c32-25(30-14-13-29(26(33)34)17-22(30)15-19-7-3-1-4-8-19)23-24(20-9-5-2-6-10-20)31(18-28-23)21-11-12-27-16-21/h1-10,18,21-22,27H,11-17H2,(H,33,34)/t21?,22-/m1/s1. The highest BCUT2D eigenvalue weighted by Crippen LogP contribution is 2.30. The Morgan fingerprint density at radius 2 is 1.76 bits per heavy atom. The molecule has 1 unspecified atom stereocenters. The molecule has 2 saturated heterocycles. The number of aromatic nitrogens is 2. The summed E-state index contributed by atoms with van der Waals surface area (Å²) in [5.74, 6) is -0.144. The minimum absolute atomic E-state index is 0.144. The van der Waals surface area contributed by atoms with Crippen LogP contribution in [0.2, 0.25) is 0 Å². The first kappa shape index (κ1) is 22.2. The summed E-state index contributed by atoms with van der Waals surface area (Å²) >= 11 is 0. The van der Waals surface area contributed by atoms with E-state index in [4.69, 9.17) is 0 Å². The van der Waals surface area contributed by atoms with Crippen molar-refractivity contribution in [1.82, 2.24) is 24.7 Å². The van der Waals surface area contributed by atoms with Crippen molar-refractivity contribution in [1.29, 1.82) is 0 Å². The SMILES string of the molecule is O=C(O)N1CCN(C(=O)c2ncn(C3CCNC3)c2-c2ccccc2)[C@H](Cc2ccccc2)C1. The van der Waals surface area contributed by atoms with Crippen molar-refractivity contribution in [3.63, 3.8) is 0 Å². The highest BCUT2D eigenvalue weighted by Gasteiger charge is 2.36. The van der Waals surface area contributed by atoms with E-state index in [1.807, 2.05) is 65.6 Å². The molecule has 176 valence electrons. The number of piperazine rings is 1. The van der Waals surface area contributed by atoms with E-state index in [1.165, 1.54) is 4.90 Å². The van der Waals surface area contributed by atoms with Crippen molar-refractivity contribution in [2.45, 2.75) is 24.9 Å². The molecule has 2 amide bonds. The topological polar surface area (TPSA) is 90.7 Å². The fourth-order valence-corrected chi connectivity index (χ4v) is 5.05. The molecule has 3 heterocycles. The van der Waals surface area contributed by atoms with Gasteiger partial charge in [-0.05, 0) is 24.9 Å². The van der Waals surface area contributed by atoms with Gasteiger partial charge in [0.2, 0.25) is 0 Å². The van der Waals surface area contributed by atoms with Crippen LogP contribution in [0.15, 0.2) is 67.0 Å². The Morgan fingerprint density at radius 3 is 2.44 bits per heavy atom. The number of nitrogens with zero attached hydrogens (tertiary/aromatic N) is 4. The average molecular weight is 460 g/mol. The van der Waals surface area contributed by atoms with Crippen LogP contribution < -0.4 is 5.32 Å². The molecular formula is C26H29N5O3. The number of nitrogens with one attached hydrogen (secondary N) is 1. The van der Waals surface area contributed by atoms with Crippen molar-refractivity contribution in [2.75, 3.05) is 32.7 Å². The summed E-state index contributed by atoms with van der Waals surface area (Å²) in [5.41, 5.74) is 3.29. The lowest BCUT2D eigenvalue weighted by Gasteiger charge is -2.40. The van der Waals surface area contributed by atoms with E-state index in [2.05, 4.69) is 14.9 Å². The van der Waals surface area contributed by atoms with Crippen LogP contribution in [0.25, 0.3) is 11.3 Å². The third-order valence-electron chi connectivity index (χ3n) is 6.80. The molecule has 0 saturated carbocycles. The molecule has 1 aromatic heterocycles. The fraction of sp³-hybridized carbons (Fsp3) is 0.346. The Labute approximate surface area is 198 Å². The first-order valence-corrected chi connectivity index (χ1v) is 11.8. The van der Waals surface area contributed by atoms with Gasteiger partial charge in [0, 0.05) is 37.8 Å². The van der Waals surface area contributed by atoms with E-state index in [9.17, 15) is 14.7 Å². The maximum atomic E-state index is 14.0. The van der Waals surface area contributed by atoms with Crippen LogP contribution in [-0.2, 0) is 6.42 Å². The second-order valence-electron chi connectivity index (χ2n) is 8.93. The molecule has 3 aromatic rings. The van der Waals surface area contributed by atoms with Gasteiger partial charge in [-0.3, -0.25) is 4.79 Å². The average Bonchev–Trinajstić information content (AvgIpc) is 3.55. The van der Waals surface area contributed by atoms with Crippen LogP contribution in [0.5, 0.6) is 0 Å². The van der Waals surface area contributed by atoms with Crippen molar-refractivity contribution in [3.8, 4) is 11.3 Å². The molecule has 0 spiro atoms. The van der Waals surface area contributed by atoms with Crippen LogP contribution in [-0.4, -0.2) is 75.2 Å². The number of rotatable bonds is 5. The van der Waals surface area contributed by atoms with Gasteiger partial charge in [0.25, 0.3) is 5.91 Å². The van der Waals surface area contributed by atoms with E-state index in [1.54, 1.807) is 6.33 Å². The van der Waals surface area contributed by atoms with Crippen LogP contribution in [0.1, 0.15) is 28.5 Å². The second kappa shape index (κ2) is 9.69. The number of hydrogen-bond acceptors (Lipinski definition) is 4. The molecule has 0 radical (unpaired) electrons. The second-order valence-corrected chi connectivity index (χ2v) is 8.93. The summed E-state index contributed by atoms with van der Waals surface area (Å²) in [4.78, 5) is 33.5. The maximum absolute atomic E-state index is 14.0. The molecule has 2 N–H and O–H groups in total. The fourth-order valence-electron chi connectivity index (χ4n) is 5.05. The van der Waals surface area contributed by atoms with Crippen molar-refractivity contribution in [3.05, 3.63) is 78.2 Å². The summed E-state index contributed by atoms with van der Waals surface area (Å²) < 4.78 is 2.13. The molecule has 2 aliphatic heterocycles. The lowest BCUT2D eigenvalue weighted by Crippen LogP contribution is -2.57. The highest BCUT2D eigenvalue weighted by molar-refractivity contribution is 5.98. The van der Waals surface area contributed by atoms with Gasteiger partial charge in [-0.15, -0.1) is 0 Å². The number of amides is 2. The van der Waals surface area contributed by atoms with Gasteiger partial charge in [0.1, 0.15) is 0 Å². The third-order valence-corrected chi connectivity index (χ3v) is 6.80. The smallest absolute Gasteiger partial charge is 0.407 e. The minimum atomic E-state index is -0.951. The highest BCUT2D eigenvalue weighted by atomic mass is 16.4. The molecule has 34 heavy (non-hydrogen) atoms. The van der Waals surface area contributed by atoms with E-state index in [-0.39, 0.29) is 24.5 Å². The summed E-state index contributed by atoms with van der Waals surface area (Å²) in [5, 5.41) is 13.0. The number of imidazole rings is 1. The normalized spacial score (nSPS) is 20.5. The van der Waals surface area contributed by atoms with Crippen LogP contribution >= 0.6 is 0 Å². The predicted molar refractivity (Wildman–Crippen MR) is 129 cm³/mol. The maximum Gasteiger partial charge on any atom is 0.407 e. The van der Waals surface area contributed by atoms with Gasteiger partial charge < -0.3 is 24.8 Å². The minimum Gasteiger partial charge on any atom is -0.465 e. The molecule has 5 rings (SSSR count). The van der Waals surface area contributed by atoms with Gasteiger partial charge in [0.15, 0.2) is 5.69 Å². The quantitative estimate of drug-likeness (QED) is 0.612. The van der Waals surface area contributed by atoms with Gasteiger partial charge >= 0.3 is 6.09 Å². The zero-order valence-electron chi connectivity index (χ0n) is 19.0. The Balaban J connectivity index is 1.50. The number of carboxylic acid groups (broad SMARTS) is 1. The zero-order chi connectivity index (χ0) is 23.5. The van der Waals surface area contributed by atoms with E-state index < -0.39 is 6.09 Å². The Hall–Kier alpha value is -3.65. The predicted octanol–water partition coefficient (Wildman–Crippen LogP) is 3.13. The monoisotopic (exact) mass is 459 g/mol. The van der Waals surface area contributed by atoms with Crippen LogP contribution in [0, 0.1) is 0 Å². The Bertz CT molecular complexity index is 1140. The lowest BCUT2D eigenvalue weighted by atomic mass is 10.0. The van der Waals surface area contributed by atoms with Gasteiger partial charge in [-0.2, -0.15) is 0 Å². The number of hydrogen-bond donors (Lipinski definition) is 2. The number of carbonyl (C=O) groups is 2. The van der Waals surface area contributed by atoms with Crippen molar-refractivity contribution >= 4 is 12.0 Å². The molecule has 8 heteroatoms. The Kier molecular flexibility index (Phi) is 6.31. The van der Waals surface area contributed by atoms with E-state index >= 15 is 0 Å². The third kappa shape index (κ3) is 4.41. The number of carbonyl (C=O) groups excluding carboxylic acids is 1. The van der Waals surface area contributed by atoms with Crippen LogP contribution in [0.4, 0.5) is 4.79 Å². The van der Waals surface area contributed by atoms with E-state index in [0.717, 1.165) is 36.3 Å². The summed E-state index contributed by atoms with van der Waals surface area (Å²) in [6.07, 6.45) is 2.41. The molecule has 8 nitrogen and oxygen atoms in total. The first-order chi connectivity index (χ1) is 16.6. The molecule has 2 aromatic carbocycles. The largest absolute Gasteiger partial charge is 0.465 e. The number of benzene rings is 2. The van der Waals surface area contributed by atoms with Crippen LogP contribution in [0.3, 0.4) is 0 Å². The summed E-state index contributed by atoms with van der Waals surface area (Å²) in [7, 11) is 0. The van der Waals surface area contributed by atoms with Crippen molar-refractivity contribution < 1.29 is 14.7 Å². The summed E-state index contributed by atoms with van der Waals surface area (Å²) in [6, 6.07) is 19.8. The molecule has 2 aliphatic rings. The Morgan fingerprint density at radius 1 is 1.03 bits per heavy atom. The summed E-state index contributed by atoms with van der Waals surface area (Å²) in [6.45, 7) is 2.70. The van der Waals surface area contributed by atoms with Crippen molar-refractivity contribution in [2.24, 2.45) is 0 Å². The molecular weight excluding hydrogens is 430 g/mol. The molecule has 2 fully saturated rings. The lowest BCUT2D eigenvalue weighted by molar-refractivity contribution is 0.0447. The van der Waals surface area contributed by atoms with E-state index in [0.29, 0.717) is 25.2 Å². The molecule has 0 aliphatic carbocycles. The van der Waals surface area contributed by atoms with Gasteiger partial charge in [-0.1, -0.05) is 60.7 Å². The zero-order valence-corrected chi connectivity index (χ0v) is 19.0. The van der Waals surface area contributed by atoms with Gasteiger partial charge in [-0.25, -0.2) is 9.78 Å².